The van der Waals surface area contributed by atoms with Crippen LogP contribution in [0.5, 0.6) is 5.75 Å². The summed E-state index contributed by atoms with van der Waals surface area (Å²) < 4.78 is 0. The second kappa shape index (κ2) is 6.87. The van der Waals surface area contributed by atoms with Crippen molar-refractivity contribution in [3.63, 3.8) is 0 Å². The Morgan fingerprint density at radius 2 is 1.35 bits per heavy atom. The van der Waals surface area contributed by atoms with Crippen LogP contribution in [0, 0.1) is 0 Å². The lowest BCUT2D eigenvalue weighted by Gasteiger charge is -2.03. The summed E-state index contributed by atoms with van der Waals surface area (Å²) in [5.41, 5.74) is 4.41. The molecular weight excluding hydrogens is 367 g/mol. The molecule has 3 aromatic carbocycles. The molecule has 0 aliphatic heterocycles. The molecule has 0 saturated carbocycles. The van der Waals surface area contributed by atoms with Crippen LogP contribution in [0.4, 0.5) is 0 Å². The molecular formula is C21H14Cl2N2O. The number of hydrogen-bond donors (Lipinski definition) is 2. The second-order valence-electron chi connectivity index (χ2n) is 5.87. The molecule has 0 bridgehead atoms. The van der Waals surface area contributed by atoms with E-state index in [2.05, 4.69) is 4.98 Å². The van der Waals surface area contributed by atoms with Gasteiger partial charge in [-0.3, -0.25) is 0 Å². The van der Waals surface area contributed by atoms with Crippen LogP contribution in [0.15, 0.2) is 72.8 Å². The molecule has 3 nitrogen and oxygen atoms in total. The van der Waals surface area contributed by atoms with E-state index in [4.69, 9.17) is 28.2 Å². The normalized spacial score (nSPS) is 10.8. The zero-order valence-electron chi connectivity index (χ0n) is 13.6. The van der Waals surface area contributed by atoms with Crippen LogP contribution in [0.2, 0.25) is 10.0 Å². The molecule has 0 amide bonds. The summed E-state index contributed by atoms with van der Waals surface area (Å²) in [6.45, 7) is 0. The quantitative estimate of drug-likeness (QED) is 0.430. The molecule has 0 atom stereocenters. The molecule has 0 unspecified atom stereocenters. The minimum Gasteiger partial charge on any atom is -0.508 e. The van der Waals surface area contributed by atoms with E-state index in [0.717, 1.165) is 28.1 Å². The third-order valence-electron chi connectivity index (χ3n) is 4.07. The van der Waals surface area contributed by atoms with Crippen molar-refractivity contribution < 1.29 is 5.11 Å². The Morgan fingerprint density at radius 3 is 1.96 bits per heavy atom. The largest absolute Gasteiger partial charge is 0.508 e. The number of hydrogen-bond acceptors (Lipinski definition) is 2. The minimum atomic E-state index is 0.194. The summed E-state index contributed by atoms with van der Waals surface area (Å²) in [7, 11) is 0. The summed E-state index contributed by atoms with van der Waals surface area (Å²) in [5.74, 6) is 0.871. The van der Waals surface area contributed by atoms with Crippen molar-refractivity contribution >= 4 is 23.2 Å². The van der Waals surface area contributed by atoms with Crippen LogP contribution in [-0.4, -0.2) is 15.1 Å². The Kier molecular flexibility index (Phi) is 4.41. The van der Waals surface area contributed by atoms with E-state index in [1.807, 2.05) is 54.6 Å². The van der Waals surface area contributed by atoms with E-state index in [1.165, 1.54) is 0 Å². The molecule has 0 aliphatic carbocycles. The van der Waals surface area contributed by atoms with Gasteiger partial charge >= 0.3 is 0 Å². The average molecular weight is 381 g/mol. The number of rotatable bonds is 3. The van der Waals surface area contributed by atoms with Crippen LogP contribution in [-0.2, 0) is 0 Å². The fourth-order valence-corrected chi connectivity index (χ4v) is 3.06. The smallest absolute Gasteiger partial charge is 0.138 e. The number of phenols is 1. The molecule has 0 spiro atoms. The Hall–Kier alpha value is -2.75. The predicted molar refractivity (Wildman–Crippen MR) is 107 cm³/mol. The number of nitrogens with one attached hydrogen (secondary N) is 1. The Balaban J connectivity index is 1.90. The van der Waals surface area contributed by atoms with Gasteiger partial charge in [-0.15, -0.1) is 0 Å². The van der Waals surface area contributed by atoms with Crippen molar-refractivity contribution in [2.45, 2.75) is 0 Å². The molecule has 4 aromatic rings. The molecule has 0 radical (unpaired) electrons. The highest BCUT2D eigenvalue weighted by molar-refractivity contribution is 6.31. The first-order chi connectivity index (χ1) is 12.6. The van der Waals surface area contributed by atoms with Gasteiger partial charge in [-0.25, -0.2) is 4.98 Å². The molecule has 1 aromatic heterocycles. The summed E-state index contributed by atoms with van der Waals surface area (Å²) in [4.78, 5) is 8.15. The molecule has 26 heavy (non-hydrogen) atoms. The van der Waals surface area contributed by atoms with E-state index < -0.39 is 0 Å². The molecule has 4 rings (SSSR count). The topological polar surface area (TPSA) is 48.9 Å². The van der Waals surface area contributed by atoms with Crippen molar-refractivity contribution in [3.8, 4) is 39.7 Å². The van der Waals surface area contributed by atoms with Crippen molar-refractivity contribution in [1.29, 1.82) is 0 Å². The zero-order chi connectivity index (χ0) is 18.1. The third-order valence-corrected chi connectivity index (χ3v) is 4.58. The fourth-order valence-electron chi connectivity index (χ4n) is 2.81. The first-order valence-electron chi connectivity index (χ1n) is 8.01. The summed E-state index contributed by atoms with van der Waals surface area (Å²) in [6.07, 6.45) is 0. The number of aromatic nitrogens is 2. The monoisotopic (exact) mass is 380 g/mol. The number of nitrogens with zero attached hydrogens (tertiary/aromatic N) is 1. The van der Waals surface area contributed by atoms with Crippen molar-refractivity contribution in [1.82, 2.24) is 9.97 Å². The first kappa shape index (κ1) is 16.7. The molecule has 0 fully saturated rings. The number of imidazole rings is 1. The molecule has 2 N–H and O–H groups in total. The number of aromatic hydroxyl groups is 1. The molecule has 1 heterocycles. The third kappa shape index (κ3) is 3.32. The number of phenolic OH excluding ortho intramolecular Hbond substituents is 1. The van der Waals surface area contributed by atoms with Gasteiger partial charge in [-0.1, -0.05) is 59.6 Å². The second-order valence-corrected chi connectivity index (χ2v) is 6.75. The maximum Gasteiger partial charge on any atom is 0.138 e. The lowest BCUT2D eigenvalue weighted by Crippen LogP contribution is -1.83. The van der Waals surface area contributed by atoms with Crippen LogP contribution in [0.25, 0.3) is 33.9 Å². The van der Waals surface area contributed by atoms with Gasteiger partial charge in [-0.05, 0) is 36.4 Å². The minimum absolute atomic E-state index is 0.194. The highest BCUT2D eigenvalue weighted by atomic mass is 35.5. The van der Waals surface area contributed by atoms with Crippen LogP contribution < -0.4 is 0 Å². The van der Waals surface area contributed by atoms with Crippen molar-refractivity contribution in [2.75, 3.05) is 0 Å². The lowest BCUT2D eigenvalue weighted by atomic mass is 10.1. The van der Waals surface area contributed by atoms with Crippen molar-refractivity contribution in [2.24, 2.45) is 0 Å². The maximum atomic E-state index is 9.77. The first-order valence-corrected chi connectivity index (χ1v) is 8.77. The van der Waals surface area contributed by atoms with Gasteiger partial charge in [0.05, 0.1) is 11.4 Å². The van der Waals surface area contributed by atoms with Crippen molar-refractivity contribution in [3.05, 3.63) is 82.8 Å². The Morgan fingerprint density at radius 1 is 0.731 bits per heavy atom. The molecule has 0 aliphatic rings. The van der Waals surface area contributed by atoms with E-state index in [-0.39, 0.29) is 5.75 Å². The Labute approximate surface area is 160 Å². The van der Waals surface area contributed by atoms with Gasteiger partial charge in [0.25, 0.3) is 0 Å². The summed E-state index contributed by atoms with van der Waals surface area (Å²) in [6, 6.07) is 22.1. The van der Waals surface area contributed by atoms with Crippen LogP contribution in [0.3, 0.4) is 0 Å². The van der Waals surface area contributed by atoms with Gasteiger partial charge in [0.15, 0.2) is 0 Å². The lowest BCUT2D eigenvalue weighted by molar-refractivity contribution is 0.475. The predicted octanol–water partition coefficient (Wildman–Crippen LogP) is 6.42. The van der Waals surface area contributed by atoms with Gasteiger partial charge in [0.2, 0.25) is 0 Å². The van der Waals surface area contributed by atoms with Gasteiger partial charge < -0.3 is 10.1 Å². The van der Waals surface area contributed by atoms with E-state index in [0.29, 0.717) is 15.9 Å². The maximum absolute atomic E-state index is 9.77. The summed E-state index contributed by atoms with van der Waals surface area (Å²) >= 11 is 12.0. The SMILES string of the molecule is Oc1cccc(-c2nc(-c3ccc(Cl)cc3)c(-c3ccc(Cl)cc3)[nH]2)c1. The molecule has 0 saturated heterocycles. The van der Waals surface area contributed by atoms with E-state index in [1.54, 1.807) is 18.2 Å². The summed E-state index contributed by atoms with van der Waals surface area (Å²) in [5, 5.41) is 11.1. The fraction of sp³-hybridized carbons (Fsp3) is 0. The average Bonchev–Trinajstić information content (AvgIpc) is 3.08. The number of H-pyrrole nitrogens is 1. The van der Waals surface area contributed by atoms with E-state index >= 15 is 0 Å². The van der Waals surface area contributed by atoms with Crippen LogP contribution in [0.1, 0.15) is 0 Å². The van der Waals surface area contributed by atoms with Gasteiger partial charge in [0.1, 0.15) is 11.6 Å². The molecule has 5 heteroatoms. The number of benzene rings is 3. The molecule has 128 valence electrons. The number of aromatic amines is 1. The van der Waals surface area contributed by atoms with Gasteiger partial charge in [0, 0.05) is 26.7 Å². The van der Waals surface area contributed by atoms with Crippen LogP contribution >= 0.6 is 23.2 Å². The highest BCUT2D eigenvalue weighted by Crippen LogP contribution is 2.34. The highest BCUT2D eigenvalue weighted by Gasteiger charge is 2.15. The van der Waals surface area contributed by atoms with E-state index in [9.17, 15) is 5.11 Å². The standard InChI is InChI=1S/C21H14Cl2N2O/c22-16-8-4-13(5-9-16)19-20(14-6-10-17(23)11-7-14)25-21(24-19)15-2-1-3-18(26)12-15/h1-12,26H,(H,24,25). The number of halogens is 2. The Bertz CT molecular complexity index is 991. The van der Waals surface area contributed by atoms with Gasteiger partial charge in [-0.2, -0.15) is 0 Å². The zero-order valence-corrected chi connectivity index (χ0v) is 15.1.